The highest BCUT2D eigenvalue weighted by atomic mass is 15.0. The van der Waals surface area contributed by atoms with Crippen molar-refractivity contribution in [1.29, 1.82) is 0 Å². The summed E-state index contributed by atoms with van der Waals surface area (Å²) in [4.78, 5) is 9.06. The molecule has 3 nitrogen and oxygen atoms in total. The van der Waals surface area contributed by atoms with Crippen LogP contribution in [0.2, 0.25) is 0 Å². The van der Waals surface area contributed by atoms with Crippen LogP contribution in [0.25, 0.3) is 11.3 Å². The molecule has 1 aromatic heterocycles. The van der Waals surface area contributed by atoms with Gasteiger partial charge in [-0.1, -0.05) is 30.3 Å². The minimum absolute atomic E-state index is 0.528. The normalized spacial score (nSPS) is 14.9. The highest BCUT2D eigenvalue weighted by Crippen LogP contribution is 2.39. The first-order chi connectivity index (χ1) is 8.25. The molecule has 1 aliphatic rings. The topological polar surface area (TPSA) is 51.8 Å². The molecule has 0 unspecified atom stereocenters. The standard InChI is InChI=1S/C14H15N3/c1-9-12(10-5-3-2-4-6-10)16-14(11-7-8-11)17-13(9)15/h2-6,11H,7-8H2,1H3,(H2,15,16,17). The lowest BCUT2D eigenvalue weighted by atomic mass is 10.1. The second-order valence-electron chi connectivity index (χ2n) is 4.58. The third-order valence-corrected chi connectivity index (χ3v) is 3.19. The minimum Gasteiger partial charge on any atom is -0.383 e. The molecule has 3 rings (SSSR count). The number of nitrogens with zero attached hydrogens (tertiary/aromatic N) is 2. The van der Waals surface area contributed by atoms with Crippen LogP contribution in [-0.4, -0.2) is 9.97 Å². The molecule has 1 saturated carbocycles. The van der Waals surface area contributed by atoms with Crippen molar-refractivity contribution in [2.75, 3.05) is 5.73 Å². The van der Waals surface area contributed by atoms with E-state index in [4.69, 9.17) is 5.73 Å². The maximum Gasteiger partial charge on any atom is 0.134 e. The molecule has 1 aliphatic carbocycles. The van der Waals surface area contributed by atoms with Gasteiger partial charge < -0.3 is 5.73 Å². The van der Waals surface area contributed by atoms with E-state index in [1.165, 1.54) is 12.8 Å². The molecule has 0 spiro atoms. The highest BCUT2D eigenvalue weighted by molar-refractivity contribution is 5.67. The smallest absolute Gasteiger partial charge is 0.134 e. The fraction of sp³-hybridized carbons (Fsp3) is 0.286. The number of hydrogen-bond acceptors (Lipinski definition) is 3. The van der Waals surface area contributed by atoms with Gasteiger partial charge in [-0.2, -0.15) is 0 Å². The van der Waals surface area contributed by atoms with Crippen LogP contribution < -0.4 is 5.73 Å². The van der Waals surface area contributed by atoms with Crippen molar-refractivity contribution in [3.63, 3.8) is 0 Å². The molecule has 0 saturated heterocycles. The second kappa shape index (κ2) is 3.84. The Balaban J connectivity index is 2.14. The largest absolute Gasteiger partial charge is 0.383 e. The summed E-state index contributed by atoms with van der Waals surface area (Å²) in [5.74, 6) is 2.05. The molecule has 0 bridgehead atoms. The van der Waals surface area contributed by atoms with Gasteiger partial charge in [0, 0.05) is 17.0 Å². The van der Waals surface area contributed by atoms with Crippen LogP contribution in [0.5, 0.6) is 0 Å². The molecule has 0 aliphatic heterocycles. The van der Waals surface area contributed by atoms with Crippen molar-refractivity contribution in [2.45, 2.75) is 25.7 Å². The molecule has 2 aromatic rings. The summed E-state index contributed by atoms with van der Waals surface area (Å²) in [6.07, 6.45) is 2.38. The van der Waals surface area contributed by atoms with Gasteiger partial charge in [0.25, 0.3) is 0 Å². The van der Waals surface area contributed by atoms with Gasteiger partial charge in [-0.05, 0) is 19.8 Å². The molecule has 1 fully saturated rings. The number of aromatic nitrogens is 2. The average Bonchev–Trinajstić information content (AvgIpc) is 3.18. The number of benzene rings is 1. The summed E-state index contributed by atoms with van der Waals surface area (Å²) < 4.78 is 0. The van der Waals surface area contributed by atoms with Crippen LogP contribution in [-0.2, 0) is 0 Å². The Labute approximate surface area is 101 Å². The molecular formula is C14H15N3. The Bertz CT molecular complexity index is 545. The lowest BCUT2D eigenvalue weighted by molar-refractivity contribution is 0.928. The number of nitrogen functional groups attached to an aromatic ring is 1. The fourth-order valence-corrected chi connectivity index (χ4v) is 1.95. The van der Waals surface area contributed by atoms with Crippen LogP contribution in [0.3, 0.4) is 0 Å². The first kappa shape index (κ1) is 10.3. The van der Waals surface area contributed by atoms with Gasteiger partial charge in [0.15, 0.2) is 0 Å². The maximum atomic E-state index is 5.97. The van der Waals surface area contributed by atoms with E-state index in [9.17, 15) is 0 Å². The molecule has 17 heavy (non-hydrogen) atoms. The van der Waals surface area contributed by atoms with Crippen molar-refractivity contribution >= 4 is 5.82 Å². The van der Waals surface area contributed by atoms with Crippen LogP contribution >= 0.6 is 0 Å². The van der Waals surface area contributed by atoms with Crippen molar-refractivity contribution in [1.82, 2.24) is 9.97 Å². The number of anilines is 1. The van der Waals surface area contributed by atoms with E-state index < -0.39 is 0 Å². The summed E-state index contributed by atoms with van der Waals surface area (Å²) in [7, 11) is 0. The van der Waals surface area contributed by atoms with Gasteiger partial charge >= 0.3 is 0 Å². The summed E-state index contributed by atoms with van der Waals surface area (Å²) in [5.41, 5.74) is 9.03. The molecule has 0 amide bonds. The maximum absolute atomic E-state index is 5.97. The lowest BCUT2D eigenvalue weighted by Gasteiger charge is -2.09. The third-order valence-electron chi connectivity index (χ3n) is 3.19. The van der Waals surface area contributed by atoms with Crippen molar-refractivity contribution in [2.24, 2.45) is 0 Å². The molecule has 0 radical (unpaired) electrons. The van der Waals surface area contributed by atoms with E-state index in [0.29, 0.717) is 11.7 Å². The lowest BCUT2D eigenvalue weighted by Crippen LogP contribution is -2.04. The van der Waals surface area contributed by atoms with Gasteiger partial charge in [0.05, 0.1) is 5.69 Å². The molecule has 86 valence electrons. The van der Waals surface area contributed by atoms with Gasteiger partial charge in [-0.25, -0.2) is 9.97 Å². The zero-order valence-electron chi connectivity index (χ0n) is 9.85. The quantitative estimate of drug-likeness (QED) is 0.855. The van der Waals surface area contributed by atoms with Crippen LogP contribution in [0.4, 0.5) is 5.82 Å². The Morgan fingerprint density at radius 1 is 1.12 bits per heavy atom. The minimum atomic E-state index is 0.528. The Hall–Kier alpha value is -1.90. The van der Waals surface area contributed by atoms with E-state index in [1.807, 2.05) is 25.1 Å². The van der Waals surface area contributed by atoms with Crippen molar-refractivity contribution in [3.05, 3.63) is 41.7 Å². The molecule has 3 heteroatoms. The molecule has 2 N–H and O–H groups in total. The van der Waals surface area contributed by atoms with Gasteiger partial charge in [-0.15, -0.1) is 0 Å². The van der Waals surface area contributed by atoms with Crippen LogP contribution in [0, 0.1) is 6.92 Å². The van der Waals surface area contributed by atoms with E-state index in [-0.39, 0.29) is 0 Å². The Morgan fingerprint density at radius 3 is 2.47 bits per heavy atom. The third kappa shape index (κ3) is 1.88. The summed E-state index contributed by atoms with van der Waals surface area (Å²) in [6.45, 7) is 1.98. The molecule has 0 atom stereocenters. The van der Waals surface area contributed by atoms with E-state index in [1.54, 1.807) is 0 Å². The van der Waals surface area contributed by atoms with Gasteiger partial charge in [0.2, 0.25) is 0 Å². The predicted octanol–water partition coefficient (Wildman–Crippen LogP) is 2.91. The fourth-order valence-electron chi connectivity index (χ4n) is 1.95. The van der Waals surface area contributed by atoms with E-state index in [0.717, 1.165) is 22.6 Å². The monoisotopic (exact) mass is 225 g/mol. The zero-order chi connectivity index (χ0) is 11.8. The van der Waals surface area contributed by atoms with Crippen molar-refractivity contribution in [3.8, 4) is 11.3 Å². The summed E-state index contributed by atoms with van der Waals surface area (Å²) in [6, 6.07) is 10.2. The van der Waals surface area contributed by atoms with Gasteiger partial charge in [-0.3, -0.25) is 0 Å². The van der Waals surface area contributed by atoms with Crippen LogP contribution in [0.1, 0.15) is 30.1 Å². The molecular weight excluding hydrogens is 210 g/mol. The Kier molecular flexibility index (Phi) is 2.32. The highest BCUT2D eigenvalue weighted by Gasteiger charge is 2.27. The predicted molar refractivity (Wildman–Crippen MR) is 68.6 cm³/mol. The second-order valence-corrected chi connectivity index (χ2v) is 4.58. The van der Waals surface area contributed by atoms with E-state index >= 15 is 0 Å². The van der Waals surface area contributed by atoms with E-state index in [2.05, 4.69) is 22.1 Å². The summed E-state index contributed by atoms with van der Waals surface area (Å²) >= 11 is 0. The summed E-state index contributed by atoms with van der Waals surface area (Å²) in [5, 5.41) is 0. The molecule has 1 aromatic carbocycles. The SMILES string of the molecule is Cc1c(N)nc(C2CC2)nc1-c1ccccc1. The number of hydrogen-bond donors (Lipinski definition) is 1. The first-order valence-corrected chi connectivity index (χ1v) is 5.95. The van der Waals surface area contributed by atoms with Crippen LogP contribution in [0.15, 0.2) is 30.3 Å². The Morgan fingerprint density at radius 2 is 1.82 bits per heavy atom. The average molecular weight is 225 g/mol. The molecule has 1 heterocycles. The number of nitrogens with two attached hydrogens (primary N) is 1. The van der Waals surface area contributed by atoms with Crippen molar-refractivity contribution < 1.29 is 0 Å². The number of rotatable bonds is 2. The first-order valence-electron chi connectivity index (χ1n) is 5.95. The zero-order valence-corrected chi connectivity index (χ0v) is 9.85. The van der Waals surface area contributed by atoms with Gasteiger partial charge in [0.1, 0.15) is 11.6 Å².